The van der Waals surface area contributed by atoms with Gasteiger partial charge < -0.3 is 5.11 Å². The van der Waals surface area contributed by atoms with Crippen LogP contribution in [0.3, 0.4) is 0 Å². The zero-order valence-electron chi connectivity index (χ0n) is 6.87. The lowest BCUT2D eigenvalue weighted by Crippen LogP contribution is -1.87. The van der Waals surface area contributed by atoms with Gasteiger partial charge in [-0.2, -0.15) is 0 Å². The average Bonchev–Trinajstić information content (AvgIpc) is 2.05. The molecule has 0 atom stereocenters. The van der Waals surface area contributed by atoms with Crippen LogP contribution in [-0.2, 0) is 4.79 Å². The molecule has 0 fully saturated rings. The van der Waals surface area contributed by atoms with E-state index in [1.165, 1.54) is 13.0 Å². The van der Waals surface area contributed by atoms with Gasteiger partial charge in [-0.1, -0.05) is 18.2 Å². The minimum absolute atomic E-state index is 0.0937. The standard InChI is InChI=1S/C10H10O2/c1-8(11)7-10(12)9-5-3-2-4-6-9/h2-7,12H,1H3/p+1/b10-7-. The van der Waals surface area contributed by atoms with E-state index in [1.54, 1.807) is 0 Å². The molecule has 0 aliphatic rings. The molecule has 0 aliphatic heterocycles. The zero-order valence-corrected chi connectivity index (χ0v) is 6.87. The maximum Gasteiger partial charge on any atom is 0.264 e. The van der Waals surface area contributed by atoms with Gasteiger partial charge in [0.2, 0.25) is 0 Å². The van der Waals surface area contributed by atoms with E-state index < -0.39 is 0 Å². The Labute approximate surface area is 71.2 Å². The van der Waals surface area contributed by atoms with Crippen LogP contribution in [0.25, 0.3) is 5.76 Å². The number of ketones is 1. The van der Waals surface area contributed by atoms with Crippen LogP contribution in [0.1, 0.15) is 12.5 Å². The summed E-state index contributed by atoms with van der Waals surface area (Å²) in [5.74, 6) is 0.173. The Hall–Kier alpha value is -1.57. The van der Waals surface area contributed by atoms with Gasteiger partial charge in [0.25, 0.3) is 5.76 Å². The molecule has 0 saturated heterocycles. The van der Waals surface area contributed by atoms with Gasteiger partial charge in [0.1, 0.15) is 0 Å². The molecule has 1 aromatic rings. The van der Waals surface area contributed by atoms with Crippen molar-refractivity contribution in [1.82, 2.24) is 0 Å². The molecule has 1 aromatic carbocycles. The number of carbonyl (C=O) groups is 1. The molecule has 0 unspecified atom stereocenters. The van der Waals surface area contributed by atoms with Crippen molar-refractivity contribution in [3.05, 3.63) is 42.0 Å². The number of carbonyl (C=O) groups excluding carboxylic acids is 1. The smallest absolute Gasteiger partial charge is 0.264 e. The van der Waals surface area contributed by atoms with Crippen LogP contribution < -0.4 is 0 Å². The fourth-order valence-electron chi connectivity index (χ4n) is 0.904. The van der Waals surface area contributed by atoms with Crippen molar-refractivity contribution in [3.8, 4) is 0 Å². The van der Waals surface area contributed by atoms with Crippen molar-refractivity contribution in [2.75, 3.05) is 0 Å². The van der Waals surface area contributed by atoms with E-state index in [-0.39, 0.29) is 11.5 Å². The number of hydrogen-bond donors (Lipinski definition) is 0. The predicted molar refractivity (Wildman–Crippen MR) is 48.7 cm³/mol. The third-order valence-corrected chi connectivity index (χ3v) is 1.43. The first kappa shape index (κ1) is 8.53. The molecule has 62 valence electrons. The van der Waals surface area contributed by atoms with E-state index >= 15 is 0 Å². The van der Waals surface area contributed by atoms with Gasteiger partial charge in [-0.05, 0) is 19.1 Å². The Balaban J connectivity index is 2.93. The summed E-state index contributed by atoms with van der Waals surface area (Å²) in [6.07, 6.45) is 1.31. The molecule has 0 amide bonds. The average molecular weight is 163 g/mol. The van der Waals surface area contributed by atoms with Gasteiger partial charge in [-0.25, -0.2) is 0 Å². The molecule has 0 spiro atoms. The summed E-state index contributed by atoms with van der Waals surface area (Å²) >= 11 is 0. The highest BCUT2D eigenvalue weighted by Gasteiger charge is 2.02. The predicted octanol–water partition coefficient (Wildman–Crippen LogP) is 1.34. The van der Waals surface area contributed by atoms with Crippen molar-refractivity contribution < 1.29 is 9.90 Å². The summed E-state index contributed by atoms with van der Waals surface area (Å²) in [4.78, 5) is 10.6. The van der Waals surface area contributed by atoms with Crippen LogP contribution >= 0.6 is 0 Å². The van der Waals surface area contributed by atoms with Crippen molar-refractivity contribution >= 4 is 11.5 Å². The second-order valence-electron chi connectivity index (χ2n) is 2.53. The number of rotatable bonds is 2. The highest BCUT2D eigenvalue weighted by Crippen LogP contribution is 2.09. The Morgan fingerprint density at radius 1 is 1.33 bits per heavy atom. The largest absolute Gasteiger partial charge is 0.593 e. The molecule has 0 aromatic heterocycles. The number of hydrogen-bond acceptors (Lipinski definition) is 1. The second kappa shape index (κ2) is 3.72. The zero-order chi connectivity index (χ0) is 8.97. The normalized spacial score (nSPS) is 11.2. The van der Waals surface area contributed by atoms with E-state index in [0.29, 0.717) is 0 Å². The molecule has 0 saturated carbocycles. The molecule has 0 bridgehead atoms. The Kier molecular flexibility index (Phi) is 2.64. The fourth-order valence-corrected chi connectivity index (χ4v) is 0.904. The summed E-state index contributed by atoms with van der Waals surface area (Å²) in [6, 6.07) is 9.18. The van der Waals surface area contributed by atoms with Gasteiger partial charge in [-0.3, -0.25) is 4.79 Å². The summed E-state index contributed by atoms with van der Waals surface area (Å²) in [6.45, 7) is 1.44. The van der Waals surface area contributed by atoms with Crippen LogP contribution in [0.4, 0.5) is 0 Å². The SMILES string of the molecule is CC(=O)/C=C(\[OH2+])c1ccccc1. The molecule has 0 aliphatic carbocycles. The molecule has 0 radical (unpaired) electrons. The third kappa shape index (κ3) is 2.23. The summed E-state index contributed by atoms with van der Waals surface area (Å²) in [5.41, 5.74) is 0.771. The topological polar surface area (TPSA) is 40.0 Å². The highest BCUT2D eigenvalue weighted by molar-refractivity contribution is 5.93. The van der Waals surface area contributed by atoms with E-state index in [2.05, 4.69) is 0 Å². The molecule has 0 heterocycles. The molecule has 2 heteroatoms. The summed E-state index contributed by atoms with van der Waals surface area (Å²) < 4.78 is 0. The van der Waals surface area contributed by atoms with Gasteiger partial charge in [0.05, 0.1) is 11.6 Å². The van der Waals surface area contributed by atoms with Crippen molar-refractivity contribution in [3.63, 3.8) is 0 Å². The summed E-state index contributed by atoms with van der Waals surface area (Å²) in [5, 5.41) is 7.48. The van der Waals surface area contributed by atoms with Crippen molar-refractivity contribution in [1.29, 1.82) is 0 Å². The highest BCUT2D eigenvalue weighted by atomic mass is 16.3. The van der Waals surface area contributed by atoms with Crippen molar-refractivity contribution in [2.24, 2.45) is 0 Å². The van der Waals surface area contributed by atoms with Crippen LogP contribution in [-0.4, -0.2) is 10.9 Å². The summed E-state index contributed by atoms with van der Waals surface area (Å²) in [7, 11) is 0. The van der Waals surface area contributed by atoms with E-state index in [0.717, 1.165) is 5.56 Å². The van der Waals surface area contributed by atoms with Crippen LogP contribution in [0, 0.1) is 0 Å². The third-order valence-electron chi connectivity index (χ3n) is 1.43. The first-order valence-corrected chi connectivity index (χ1v) is 3.69. The molecular formula is C10H11O2+. The van der Waals surface area contributed by atoms with Gasteiger partial charge in [0.15, 0.2) is 5.78 Å². The maximum atomic E-state index is 10.6. The van der Waals surface area contributed by atoms with Gasteiger partial charge in [0, 0.05) is 0 Å². The van der Waals surface area contributed by atoms with Crippen LogP contribution in [0.5, 0.6) is 0 Å². The minimum Gasteiger partial charge on any atom is -0.593 e. The lowest BCUT2D eigenvalue weighted by atomic mass is 10.1. The van der Waals surface area contributed by atoms with Gasteiger partial charge >= 0.3 is 0 Å². The lowest BCUT2D eigenvalue weighted by molar-refractivity contribution is -0.112. The first-order chi connectivity index (χ1) is 5.70. The maximum absolute atomic E-state index is 10.6. The minimum atomic E-state index is -0.0937. The van der Waals surface area contributed by atoms with E-state index in [1.807, 2.05) is 30.3 Å². The molecular weight excluding hydrogens is 152 g/mol. The quantitative estimate of drug-likeness (QED) is 0.368. The van der Waals surface area contributed by atoms with Crippen LogP contribution in [0.2, 0.25) is 0 Å². The Morgan fingerprint density at radius 2 is 1.92 bits per heavy atom. The monoisotopic (exact) mass is 163 g/mol. The Morgan fingerprint density at radius 3 is 2.42 bits per heavy atom. The molecule has 2 nitrogen and oxygen atoms in total. The van der Waals surface area contributed by atoms with E-state index in [4.69, 9.17) is 5.11 Å². The number of allylic oxidation sites excluding steroid dienone is 1. The fraction of sp³-hybridized carbons (Fsp3) is 0.100. The van der Waals surface area contributed by atoms with Gasteiger partial charge in [-0.15, -0.1) is 0 Å². The molecule has 1 rings (SSSR count). The van der Waals surface area contributed by atoms with Crippen LogP contribution in [0.15, 0.2) is 36.4 Å². The second-order valence-corrected chi connectivity index (χ2v) is 2.53. The molecule has 12 heavy (non-hydrogen) atoms. The Bertz CT molecular complexity index is 299. The van der Waals surface area contributed by atoms with E-state index in [9.17, 15) is 4.79 Å². The lowest BCUT2D eigenvalue weighted by Gasteiger charge is -1.93. The first-order valence-electron chi connectivity index (χ1n) is 3.69. The molecule has 2 N–H and O–H groups in total. The van der Waals surface area contributed by atoms with Crippen molar-refractivity contribution in [2.45, 2.75) is 6.92 Å². The number of benzene rings is 1.